The van der Waals surface area contributed by atoms with Crippen LogP contribution in [-0.2, 0) is 11.3 Å². The summed E-state index contributed by atoms with van der Waals surface area (Å²) in [5, 5.41) is 3.12. The van der Waals surface area contributed by atoms with Gasteiger partial charge in [0.1, 0.15) is 12.4 Å². The maximum atomic E-state index is 5.63. The van der Waals surface area contributed by atoms with Crippen LogP contribution in [0.25, 0.3) is 0 Å². The molecule has 0 saturated heterocycles. The molecule has 1 rings (SSSR count). The van der Waals surface area contributed by atoms with Gasteiger partial charge in [0.05, 0.1) is 12.7 Å². The van der Waals surface area contributed by atoms with Crippen LogP contribution >= 0.6 is 0 Å². The molecule has 3 nitrogen and oxygen atoms in total. The van der Waals surface area contributed by atoms with E-state index in [1.54, 1.807) is 0 Å². The lowest BCUT2D eigenvalue weighted by Gasteiger charge is -2.12. The maximum Gasteiger partial charge on any atom is 0.119 e. The Balaban J connectivity index is 2.19. The van der Waals surface area contributed by atoms with Crippen molar-refractivity contribution >= 4 is 0 Å². The third-order valence-corrected chi connectivity index (χ3v) is 2.75. The maximum absolute atomic E-state index is 5.63. The van der Waals surface area contributed by atoms with Gasteiger partial charge in [0.2, 0.25) is 0 Å². The minimum Gasteiger partial charge on any atom is -0.491 e. The van der Waals surface area contributed by atoms with Crippen molar-refractivity contribution in [1.82, 2.24) is 5.32 Å². The summed E-state index contributed by atoms with van der Waals surface area (Å²) in [6.07, 6.45) is 2.60. The van der Waals surface area contributed by atoms with Crippen molar-refractivity contribution in [1.29, 1.82) is 0 Å². The van der Waals surface area contributed by atoms with Crippen molar-refractivity contribution in [3.63, 3.8) is 0 Å². The van der Waals surface area contributed by atoms with Crippen LogP contribution in [0.15, 0.2) is 24.3 Å². The summed E-state index contributed by atoms with van der Waals surface area (Å²) >= 11 is 0. The summed E-state index contributed by atoms with van der Waals surface area (Å²) < 4.78 is 11.3. The second kappa shape index (κ2) is 8.95. The van der Waals surface area contributed by atoms with E-state index in [-0.39, 0.29) is 0 Å². The molecule has 0 radical (unpaired) electrons. The van der Waals surface area contributed by atoms with Gasteiger partial charge in [0, 0.05) is 6.54 Å². The van der Waals surface area contributed by atoms with Crippen molar-refractivity contribution in [2.45, 2.75) is 39.3 Å². The van der Waals surface area contributed by atoms with Crippen LogP contribution < -0.4 is 10.1 Å². The second-order valence-corrected chi connectivity index (χ2v) is 4.49. The van der Waals surface area contributed by atoms with E-state index in [4.69, 9.17) is 9.47 Å². The van der Waals surface area contributed by atoms with Gasteiger partial charge in [-0.25, -0.2) is 0 Å². The quantitative estimate of drug-likeness (QED) is 0.684. The molecule has 18 heavy (non-hydrogen) atoms. The molecule has 0 fully saturated rings. The molecule has 0 bridgehead atoms. The largest absolute Gasteiger partial charge is 0.491 e. The van der Waals surface area contributed by atoms with Crippen LogP contribution in [-0.4, -0.2) is 26.4 Å². The van der Waals surface area contributed by atoms with Gasteiger partial charge >= 0.3 is 0 Å². The van der Waals surface area contributed by atoms with Gasteiger partial charge in [0.15, 0.2) is 0 Å². The summed E-state index contributed by atoms with van der Waals surface area (Å²) in [6.45, 7) is 6.43. The molecule has 0 amide bonds. The fourth-order valence-corrected chi connectivity index (χ4v) is 1.81. The molecule has 0 heterocycles. The van der Waals surface area contributed by atoms with Crippen molar-refractivity contribution < 1.29 is 9.47 Å². The molecule has 0 spiro atoms. The van der Waals surface area contributed by atoms with Crippen LogP contribution in [0.2, 0.25) is 0 Å². The molecule has 1 N–H and O–H groups in total. The first kappa shape index (κ1) is 15.0. The Morgan fingerprint density at radius 3 is 2.50 bits per heavy atom. The van der Waals surface area contributed by atoms with Gasteiger partial charge in [-0.1, -0.05) is 25.5 Å². The van der Waals surface area contributed by atoms with Crippen LogP contribution in [0.1, 0.15) is 32.3 Å². The molecule has 0 aromatic heterocycles. The number of benzene rings is 1. The lowest BCUT2D eigenvalue weighted by atomic mass is 10.2. The molecule has 0 saturated carbocycles. The monoisotopic (exact) mass is 251 g/mol. The normalized spacial score (nSPS) is 12.4. The molecule has 1 aromatic carbocycles. The van der Waals surface area contributed by atoms with Gasteiger partial charge in [-0.2, -0.15) is 0 Å². The number of ether oxygens (including phenoxy) is 2. The zero-order valence-electron chi connectivity index (χ0n) is 11.7. The minimum absolute atomic E-state index is 0.330. The van der Waals surface area contributed by atoms with Crippen molar-refractivity contribution in [3.8, 4) is 5.75 Å². The number of rotatable bonds is 9. The van der Waals surface area contributed by atoms with Gasteiger partial charge in [-0.3, -0.25) is 0 Å². The fraction of sp³-hybridized carbons (Fsp3) is 0.600. The fourth-order valence-electron chi connectivity index (χ4n) is 1.81. The Morgan fingerprint density at radius 1 is 1.17 bits per heavy atom. The first-order chi connectivity index (χ1) is 8.76. The Hall–Kier alpha value is -1.06. The zero-order valence-corrected chi connectivity index (χ0v) is 11.7. The van der Waals surface area contributed by atoms with Crippen LogP contribution in [0.3, 0.4) is 0 Å². The predicted octanol–water partition coefficient (Wildman–Crippen LogP) is 2.99. The highest BCUT2D eigenvalue weighted by Crippen LogP contribution is 2.12. The predicted molar refractivity (Wildman–Crippen MR) is 75.0 cm³/mol. The minimum atomic E-state index is 0.330. The van der Waals surface area contributed by atoms with E-state index < -0.39 is 0 Å². The van der Waals surface area contributed by atoms with E-state index in [0.717, 1.165) is 25.1 Å². The number of hydrogen-bond donors (Lipinski definition) is 1. The third kappa shape index (κ3) is 6.03. The topological polar surface area (TPSA) is 30.5 Å². The summed E-state index contributed by atoms with van der Waals surface area (Å²) in [6, 6.07) is 8.16. The molecule has 1 atom stereocenters. The van der Waals surface area contributed by atoms with E-state index in [1.807, 2.05) is 19.2 Å². The average Bonchev–Trinajstić information content (AvgIpc) is 2.37. The highest BCUT2D eigenvalue weighted by Gasteiger charge is 2.00. The van der Waals surface area contributed by atoms with E-state index in [0.29, 0.717) is 19.3 Å². The molecular formula is C15H25NO2. The van der Waals surface area contributed by atoms with Crippen molar-refractivity contribution in [2.75, 3.05) is 20.3 Å². The highest BCUT2D eigenvalue weighted by molar-refractivity contribution is 5.27. The van der Waals surface area contributed by atoms with Gasteiger partial charge < -0.3 is 14.8 Å². The second-order valence-electron chi connectivity index (χ2n) is 4.49. The summed E-state index contributed by atoms with van der Waals surface area (Å²) in [7, 11) is 1.94. The molecule has 1 unspecified atom stereocenters. The molecule has 0 aliphatic rings. The van der Waals surface area contributed by atoms with Gasteiger partial charge in [-0.15, -0.1) is 0 Å². The highest BCUT2D eigenvalue weighted by atomic mass is 16.5. The van der Waals surface area contributed by atoms with Gasteiger partial charge in [-0.05, 0) is 38.1 Å². The SMILES string of the molecule is CCCC(C)OCCOc1ccc(CNC)cc1. The van der Waals surface area contributed by atoms with E-state index >= 15 is 0 Å². The molecule has 102 valence electrons. The van der Waals surface area contributed by atoms with Gasteiger partial charge in [0.25, 0.3) is 0 Å². The van der Waals surface area contributed by atoms with Crippen molar-refractivity contribution in [2.24, 2.45) is 0 Å². The number of hydrogen-bond acceptors (Lipinski definition) is 3. The first-order valence-corrected chi connectivity index (χ1v) is 6.74. The van der Waals surface area contributed by atoms with Crippen LogP contribution in [0, 0.1) is 0 Å². The van der Waals surface area contributed by atoms with E-state index in [9.17, 15) is 0 Å². The van der Waals surface area contributed by atoms with E-state index in [2.05, 4.69) is 31.3 Å². The first-order valence-electron chi connectivity index (χ1n) is 6.74. The van der Waals surface area contributed by atoms with Crippen LogP contribution in [0.5, 0.6) is 5.75 Å². The summed E-state index contributed by atoms with van der Waals surface area (Å²) in [4.78, 5) is 0. The molecule has 1 aromatic rings. The molecular weight excluding hydrogens is 226 g/mol. The molecule has 0 aliphatic carbocycles. The summed E-state index contributed by atoms with van der Waals surface area (Å²) in [5.41, 5.74) is 1.26. The lowest BCUT2D eigenvalue weighted by molar-refractivity contribution is 0.0395. The van der Waals surface area contributed by atoms with Crippen molar-refractivity contribution in [3.05, 3.63) is 29.8 Å². The smallest absolute Gasteiger partial charge is 0.119 e. The van der Waals surface area contributed by atoms with E-state index in [1.165, 1.54) is 5.56 Å². The zero-order chi connectivity index (χ0) is 13.2. The molecule has 3 heteroatoms. The lowest BCUT2D eigenvalue weighted by Crippen LogP contribution is -2.14. The Kier molecular flexibility index (Phi) is 7.46. The van der Waals surface area contributed by atoms with Crippen LogP contribution in [0.4, 0.5) is 0 Å². The Labute approximate surface area is 110 Å². The standard InChI is InChI=1S/C15H25NO2/c1-4-5-13(2)17-10-11-18-15-8-6-14(7-9-15)12-16-3/h6-9,13,16H,4-5,10-12H2,1-3H3. The summed E-state index contributed by atoms with van der Waals surface area (Å²) in [5.74, 6) is 0.904. The number of nitrogens with one attached hydrogen (secondary N) is 1. The average molecular weight is 251 g/mol. The Morgan fingerprint density at radius 2 is 1.89 bits per heavy atom. The Bertz CT molecular complexity index is 311. The third-order valence-electron chi connectivity index (χ3n) is 2.75. The molecule has 0 aliphatic heterocycles.